The van der Waals surface area contributed by atoms with Crippen molar-refractivity contribution < 1.29 is 0 Å². The molecule has 0 aliphatic carbocycles. The molecule has 0 bridgehead atoms. The Balaban J connectivity index is 2.02. The van der Waals surface area contributed by atoms with E-state index < -0.39 is 0 Å². The molecule has 1 aromatic rings. The maximum atomic E-state index is 4.84. The molecule has 1 atom stereocenters. The lowest BCUT2D eigenvalue weighted by molar-refractivity contribution is 0.161. The van der Waals surface area contributed by atoms with E-state index >= 15 is 0 Å². The van der Waals surface area contributed by atoms with Crippen LogP contribution in [0.3, 0.4) is 0 Å². The van der Waals surface area contributed by atoms with Gasteiger partial charge >= 0.3 is 0 Å². The number of nitrogens with one attached hydrogen (secondary N) is 2. The summed E-state index contributed by atoms with van der Waals surface area (Å²) >= 11 is 0. The molecule has 0 aromatic carbocycles. The zero-order chi connectivity index (χ0) is 19.8. The van der Waals surface area contributed by atoms with E-state index in [0.29, 0.717) is 18.5 Å². The monoisotopic (exact) mass is 376 g/mol. The van der Waals surface area contributed by atoms with E-state index in [1.807, 2.05) is 11.7 Å². The van der Waals surface area contributed by atoms with Crippen molar-refractivity contribution in [3.63, 3.8) is 0 Å². The van der Waals surface area contributed by atoms with Crippen molar-refractivity contribution in [2.24, 2.45) is 18.0 Å². The predicted octanol–water partition coefficient (Wildman–Crippen LogP) is 2.99. The third kappa shape index (κ3) is 6.23. The van der Waals surface area contributed by atoms with Crippen LogP contribution in [0.5, 0.6) is 0 Å². The molecule has 0 saturated carbocycles. The summed E-state index contributed by atoms with van der Waals surface area (Å²) in [5.74, 6) is 1.53. The van der Waals surface area contributed by atoms with Crippen LogP contribution in [0.2, 0.25) is 0 Å². The van der Waals surface area contributed by atoms with Crippen molar-refractivity contribution >= 4 is 5.96 Å². The van der Waals surface area contributed by atoms with Crippen LogP contribution in [0.25, 0.3) is 0 Å². The summed E-state index contributed by atoms with van der Waals surface area (Å²) in [6.07, 6.45) is 5.42. The predicted molar refractivity (Wildman–Crippen MR) is 114 cm³/mol. The van der Waals surface area contributed by atoms with Gasteiger partial charge < -0.3 is 10.6 Å². The molecule has 1 fully saturated rings. The first kappa shape index (κ1) is 21.7. The van der Waals surface area contributed by atoms with Crippen LogP contribution >= 0.6 is 0 Å². The quantitative estimate of drug-likeness (QED) is 0.567. The summed E-state index contributed by atoms with van der Waals surface area (Å²) < 4.78 is 1.94. The standard InChI is InChI=1S/C21H40N6/c1-7-22-21(23-14-19-17(4)25-26(6)18(19)5)24-15-20(16(2)3)27-12-10-8-9-11-13-27/h16,20H,7-15H2,1-6H3,(H2,22,23,24). The Morgan fingerprint density at radius 1 is 1.11 bits per heavy atom. The number of hydrogen-bond acceptors (Lipinski definition) is 3. The van der Waals surface area contributed by atoms with Crippen LogP contribution in [0, 0.1) is 19.8 Å². The Hall–Kier alpha value is -1.56. The van der Waals surface area contributed by atoms with Gasteiger partial charge in [0.25, 0.3) is 0 Å². The van der Waals surface area contributed by atoms with Crippen molar-refractivity contribution in [2.75, 3.05) is 26.2 Å². The number of aryl methyl sites for hydroxylation is 2. The Morgan fingerprint density at radius 3 is 2.30 bits per heavy atom. The van der Waals surface area contributed by atoms with Crippen molar-refractivity contribution in [3.05, 3.63) is 17.0 Å². The molecular weight excluding hydrogens is 336 g/mol. The summed E-state index contributed by atoms with van der Waals surface area (Å²) in [4.78, 5) is 7.52. The lowest BCUT2D eigenvalue weighted by Gasteiger charge is -2.34. The third-order valence-electron chi connectivity index (χ3n) is 5.76. The molecule has 1 saturated heterocycles. The topological polar surface area (TPSA) is 57.5 Å². The maximum absolute atomic E-state index is 4.84. The minimum absolute atomic E-state index is 0.550. The van der Waals surface area contributed by atoms with E-state index in [2.05, 4.69) is 55.3 Å². The normalized spacial score (nSPS) is 17.8. The van der Waals surface area contributed by atoms with E-state index in [0.717, 1.165) is 24.7 Å². The van der Waals surface area contributed by atoms with Crippen LogP contribution in [0.4, 0.5) is 0 Å². The van der Waals surface area contributed by atoms with Gasteiger partial charge in [-0.3, -0.25) is 9.58 Å². The molecule has 2 rings (SSSR count). The zero-order valence-electron chi connectivity index (χ0n) is 18.3. The number of guanidine groups is 1. The highest BCUT2D eigenvalue weighted by Gasteiger charge is 2.23. The van der Waals surface area contributed by atoms with Crippen LogP contribution in [-0.4, -0.2) is 52.9 Å². The van der Waals surface area contributed by atoms with Gasteiger partial charge in [-0.05, 0) is 52.6 Å². The molecule has 0 amide bonds. The minimum Gasteiger partial charge on any atom is -0.357 e. The molecule has 154 valence electrons. The van der Waals surface area contributed by atoms with Gasteiger partial charge in [-0.1, -0.05) is 26.7 Å². The second-order valence-corrected chi connectivity index (χ2v) is 8.11. The Kier molecular flexibility index (Phi) is 8.61. The number of rotatable bonds is 7. The summed E-state index contributed by atoms with van der Waals surface area (Å²) in [7, 11) is 1.99. The SMILES string of the molecule is CCNC(=NCc1c(C)nn(C)c1C)NCC(C(C)C)N1CCCCCC1. The Bertz CT molecular complexity index is 596. The second kappa shape index (κ2) is 10.7. The van der Waals surface area contributed by atoms with Gasteiger partial charge in [0.1, 0.15) is 0 Å². The van der Waals surface area contributed by atoms with Gasteiger partial charge in [-0.2, -0.15) is 5.10 Å². The van der Waals surface area contributed by atoms with Gasteiger partial charge in [0, 0.05) is 37.4 Å². The molecular formula is C21H40N6. The smallest absolute Gasteiger partial charge is 0.191 e. The number of nitrogens with zero attached hydrogens (tertiary/aromatic N) is 4. The summed E-state index contributed by atoms with van der Waals surface area (Å²) in [6.45, 7) is 15.9. The van der Waals surface area contributed by atoms with Gasteiger partial charge in [0.2, 0.25) is 0 Å². The van der Waals surface area contributed by atoms with E-state index in [1.165, 1.54) is 50.0 Å². The summed E-state index contributed by atoms with van der Waals surface area (Å²) in [6, 6.07) is 0.550. The fourth-order valence-corrected chi connectivity index (χ4v) is 3.96. The fraction of sp³-hybridized carbons (Fsp3) is 0.810. The molecule has 1 aliphatic heterocycles. The minimum atomic E-state index is 0.550. The van der Waals surface area contributed by atoms with Crippen LogP contribution < -0.4 is 10.6 Å². The zero-order valence-corrected chi connectivity index (χ0v) is 18.3. The third-order valence-corrected chi connectivity index (χ3v) is 5.76. The molecule has 1 aromatic heterocycles. The fourth-order valence-electron chi connectivity index (χ4n) is 3.96. The van der Waals surface area contributed by atoms with Crippen LogP contribution in [0.1, 0.15) is 63.4 Å². The molecule has 2 heterocycles. The van der Waals surface area contributed by atoms with Gasteiger partial charge in [-0.15, -0.1) is 0 Å². The number of aromatic nitrogens is 2. The Labute approximate surface area is 165 Å². The van der Waals surface area contributed by atoms with Crippen LogP contribution in [-0.2, 0) is 13.6 Å². The van der Waals surface area contributed by atoms with Crippen molar-refractivity contribution in [3.8, 4) is 0 Å². The lowest BCUT2D eigenvalue weighted by atomic mass is 10.0. The molecule has 1 unspecified atom stereocenters. The van der Waals surface area contributed by atoms with E-state index in [1.54, 1.807) is 0 Å². The lowest BCUT2D eigenvalue weighted by Crippen LogP contribution is -2.49. The highest BCUT2D eigenvalue weighted by atomic mass is 15.3. The van der Waals surface area contributed by atoms with Crippen LogP contribution in [0.15, 0.2) is 4.99 Å². The molecule has 6 heteroatoms. The first-order valence-electron chi connectivity index (χ1n) is 10.7. The van der Waals surface area contributed by atoms with Gasteiger partial charge in [0.05, 0.1) is 12.2 Å². The number of likely N-dealkylation sites (tertiary alicyclic amines) is 1. The largest absolute Gasteiger partial charge is 0.357 e. The van der Waals surface area contributed by atoms with E-state index in [9.17, 15) is 0 Å². The Morgan fingerprint density at radius 2 is 1.78 bits per heavy atom. The maximum Gasteiger partial charge on any atom is 0.191 e. The second-order valence-electron chi connectivity index (χ2n) is 8.11. The van der Waals surface area contributed by atoms with Crippen molar-refractivity contribution in [2.45, 2.75) is 72.9 Å². The molecule has 1 aliphatic rings. The van der Waals surface area contributed by atoms with E-state index in [4.69, 9.17) is 4.99 Å². The first-order chi connectivity index (χ1) is 12.9. The first-order valence-corrected chi connectivity index (χ1v) is 10.7. The molecule has 0 radical (unpaired) electrons. The highest BCUT2D eigenvalue weighted by Crippen LogP contribution is 2.17. The average Bonchev–Trinajstić information content (AvgIpc) is 2.82. The molecule has 2 N–H and O–H groups in total. The molecule has 27 heavy (non-hydrogen) atoms. The van der Waals surface area contributed by atoms with E-state index in [-0.39, 0.29) is 0 Å². The average molecular weight is 377 g/mol. The molecule has 6 nitrogen and oxygen atoms in total. The van der Waals surface area contributed by atoms with Crippen molar-refractivity contribution in [1.29, 1.82) is 0 Å². The molecule has 0 spiro atoms. The summed E-state index contributed by atoms with van der Waals surface area (Å²) in [5.41, 5.74) is 3.48. The van der Waals surface area contributed by atoms with Gasteiger partial charge in [0.15, 0.2) is 5.96 Å². The van der Waals surface area contributed by atoms with Crippen molar-refractivity contribution in [1.82, 2.24) is 25.3 Å². The number of hydrogen-bond donors (Lipinski definition) is 2. The van der Waals surface area contributed by atoms with Gasteiger partial charge in [-0.25, -0.2) is 4.99 Å². The number of aliphatic imine (C=N–C) groups is 1. The highest BCUT2D eigenvalue weighted by molar-refractivity contribution is 5.79. The summed E-state index contributed by atoms with van der Waals surface area (Å²) in [5, 5.41) is 11.5.